The molecule has 0 bridgehead atoms. The van der Waals surface area contributed by atoms with Crippen LogP contribution in [-0.2, 0) is 16.4 Å². The van der Waals surface area contributed by atoms with Crippen LogP contribution in [0, 0.1) is 5.92 Å². The van der Waals surface area contributed by atoms with Gasteiger partial charge in [0.1, 0.15) is 5.69 Å². The van der Waals surface area contributed by atoms with E-state index in [1.165, 1.54) is 13.3 Å². The van der Waals surface area contributed by atoms with Crippen LogP contribution in [0.25, 0.3) is 0 Å². The van der Waals surface area contributed by atoms with Gasteiger partial charge >= 0.3 is 0 Å². The number of ether oxygens (including phenoxy) is 1. The standard InChI is InChI=1S/C13H20N2O4S/c1-3-5-15-13(12(19-2)8-14-15)11(16)7-10-4-6-20(17,18)9-10/h8,10H,3-7,9H2,1-2H3. The van der Waals surface area contributed by atoms with Gasteiger partial charge in [-0.1, -0.05) is 6.92 Å². The van der Waals surface area contributed by atoms with Crippen LogP contribution in [0.2, 0.25) is 0 Å². The molecule has 0 N–H and O–H groups in total. The van der Waals surface area contributed by atoms with E-state index in [4.69, 9.17) is 4.74 Å². The molecular formula is C13H20N2O4S. The van der Waals surface area contributed by atoms with E-state index >= 15 is 0 Å². The van der Waals surface area contributed by atoms with Gasteiger partial charge in [-0.05, 0) is 18.8 Å². The first-order chi connectivity index (χ1) is 9.46. The summed E-state index contributed by atoms with van der Waals surface area (Å²) >= 11 is 0. The average Bonchev–Trinajstić information content (AvgIpc) is 2.93. The summed E-state index contributed by atoms with van der Waals surface area (Å²) in [6.45, 7) is 2.65. The summed E-state index contributed by atoms with van der Waals surface area (Å²) < 4.78 is 29.7. The van der Waals surface area contributed by atoms with Gasteiger partial charge in [-0.25, -0.2) is 8.42 Å². The van der Waals surface area contributed by atoms with Gasteiger partial charge < -0.3 is 4.74 Å². The third-order valence-corrected chi connectivity index (χ3v) is 5.36. The van der Waals surface area contributed by atoms with Gasteiger partial charge in [0.25, 0.3) is 0 Å². The molecule has 2 heterocycles. The van der Waals surface area contributed by atoms with Crippen LogP contribution in [0.15, 0.2) is 6.20 Å². The highest BCUT2D eigenvalue weighted by Gasteiger charge is 2.31. The Bertz CT molecular complexity index is 592. The number of rotatable bonds is 6. The van der Waals surface area contributed by atoms with Crippen LogP contribution < -0.4 is 4.74 Å². The minimum Gasteiger partial charge on any atom is -0.493 e. The summed E-state index contributed by atoms with van der Waals surface area (Å²) in [6, 6.07) is 0. The molecule has 1 fully saturated rings. The fraction of sp³-hybridized carbons (Fsp3) is 0.692. The number of nitrogens with zero attached hydrogens (tertiary/aromatic N) is 2. The van der Waals surface area contributed by atoms with Crippen molar-refractivity contribution in [1.29, 1.82) is 0 Å². The van der Waals surface area contributed by atoms with Crippen LogP contribution in [-0.4, -0.2) is 42.6 Å². The van der Waals surface area contributed by atoms with Crippen molar-refractivity contribution in [2.24, 2.45) is 5.92 Å². The summed E-state index contributed by atoms with van der Waals surface area (Å²) in [4.78, 5) is 12.4. The van der Waals surface area contributed by atoms with Gasteiger partial charge in [0.2, 0.25) is 0 Å². The molecule has 1 aliphatic rings. The molecule has 0 radical (unpaired) electrons. The lowest BCUT2D eigenvalue weighted by molar-refractivity contribution is 0.0951. The largest absolute Gasteiger partial charge is 0.493 e. The molecule has 7 heteroatoms. The molecular weight excluding hydrogens is 280 g/mol. The zero-order valence-electron chi connectivity index (χ0n) is 11.8. The highest BCUT2D eigenvalue weighted by Crippen LogP contribution is 2.26. The van der Waals surface area contributed by atoms with E-state index in [9.17, 15) is 13.2 Å². The summed E-state index contributed by atoms with van der Waals surface area (Å²) in [5, 5.41) is 4.15. The Kier molecular flexibility index (Phi) is 4.47. The lowest BCUT2D eigenvalue weighted by atomic mass is 10.0. The maximum atomic E-state index is 12.4. The molecule has 0 aromatic carbocycles. The Morgan fingerprint density at radius 2 is 2.30 bits per heavy atom. The molecule has 1 unspecified atom stereocenters. The van der Waals surface area contributed by atoms with Crippen LogP contribution in [0.5, 0.6) is 5.75 Å². The van der Waals surface area contributed by atoms with Crippen LogP contribution in [0.1, 0.15) is 36.7 Å². The van der Waals surface area contributed by atoms with Crippen molar-refractivity contribution >= 4 is 15.6 Å². The van der Waals surface area contributed by atoms with Crippen LogP contribution in [0.4, 0.5) is 0 Å². The minimum absolute atomic E-state index is 0.0813. The lowest BCUT2D eigenvalue weighted by Crippen LogP contribution is -2.16. The molecule has 0 spiro atoms. The molecule has 0 amide bonds. The molecule has 112 valence electrons. The molecule has 0 saturated carbocycles. The van der Waals surface area contributed by atoms with Crippen molar-refractivity contribution < 1.29 is 17.9 Å². The van der Waals surface area contributed by atoms with E-state index in [0.717, 1.165) is 6.42 Å². The fourth-order valence-corrected chi connectivity index (χ4v) is 4.43. The van der Waals surface area contributed by atoms with E-state index in [1.807, 2.05) is 6.92 Å². The highest BCUT2D eigenvalue weighted by molar-refractivity contribution is 7.91. The topological polar surface area (TPSA) is 78.3 Å². The van der Waals surface area contributed by atoms with E-state index < -0.39 is 9.84 Å². The number of aryl methyl sites for hydroxylation is 1. The summed E-state index contributed by atoms with van der Waals surface area (Å²) in [6.07, 6.45) is 3.21. The Balaban J connectivity index is 2.14. The fourth-order valence-electron chi connectivity index (χ4n) is 2.57. The highest BCUT2D eigenvalue weighted by atomic mass is 32.2. The van der Waals surface area contributed by atoms with Crippen molar-refractivity contribution in [2.45, 2.75) is 32.7 Å². The molecule has 0 aliphatic carbocycles. The first-order valence-corrected chi connectivity index (χ1v) is 8.62. The van der Waals surface area contributed by atoms with Gasteiger partial charge in [0.05, 0.1) is 24.8 Å². The Morgan fingerprint density at radius 1 is 1.55 bits per heavy atom. The molecule has 1 aromatic rings. The number of Topliss-reactive ketones (excluding diaryl/α,β-unsaturated/α-hetero) is 1. The number of hydrogen-bond donors (Lipinski definition) is 0. The molecule has 6 nitrogen and oxygen atoms in total. The molecule has 1 aliphatic heterocycles. The minimum atomic E-state index is -2.95. The monoisotopic (exact) mass is 300 g/mol. The number of carbonyl (C=O) groups is 1. The number of carbonyl (C=O) groups excluding carboxylic acids is 1. The third-order valence-electron chi connectivity index (χ3n) is 3.53. The second kappa shape index (κ2) is 5.95. The predicted molar refractivity (Wildman–Crippen MR) is 74.8 cm³/mol. The van der Waals surface area contributed by atoms with Crippen molar-refractivity contribution in [3.05, 3.63) is 11.9 Å². The summed E-state index contributed by atoms with van der Waals surface area (Å²) in [7, 11) is -1.45. The van der Waals surface area contributed by atoms with Crippen LogP contribution >= 0.6 is 0 Å². The first kappa shape index (κ1) is 15.0. The van der Waals surface area contributed by atoms with Gasteiger partial charge in [-0.3, -0.25) is 9.48 Å². The van der Waals surface area contributed by atoms with Crippen molar-refractivity contribution in [3.8, 4) is 5.75 Å². The Morgan fingerprint density at radius 3 is 2.85 bits per heavy atom. The Hall–Kier alpha value is -1.37. The summed E-state index contributed by atoms with van der Waals surface area (Å²) in [5.41, 5.74) is 0.457. The molecule has 1 aromatic heterocycles. The van der Waals surface area contributed by atoms with E-state index in [2.05, 4.69) is 5.10 Å². The van der Waals surface area contributed by atoms with Crippen molar-refractivity contribution in [2.75, 3.05) is 18.6 Å². The molecule has 1 saturated heterocycles. The second-order valence-electron chi connectivity index (χ2n) is 5.18. The number of ketones is 1. The first-order valence-electron chi connectivity index (χ1n) is 6.80. The van der Waals surface area contributed by atoms with Crippen LogP contribution in [0.3, 0.4) is 0 Å². The number of hydrogen-bond acceptors (Lipinski definition) is 5. The smallest absolute Gasteiger partial charge is 0.184 e. The van der Waals surface area contributed by atoms with Gasteiger partial charge in [-0.15, -0.1) is 0 Å². The van der Waals surface area contributed by atoms with E-state index in [-0.39, 0.29) is 29.6 Å². The van der Waals surface area contributed by atoms with Gasteiger partial charge in [0.15, 0.2) is 21.4 Å². The van der Waals surface area contributed by atoms with E-state index in [1.54, 1.807) is 4.68 Å². The molecule has 2 rings (SSSR count). The predicted octanol–water partition coefficient (Wildman–Crippen LogP) is 1.31. The van der Waals surface area contributed by atoms with Gasteiger partial charge in [0, 0.05) is 13.0 Å². The SMILES string of the molecule is CCCn1ncc(OC)c1C(=O)CC1CCS(=O)(=O)C1. The maximum absolute atomic E-state index is 12.4. The maximum Gasteiger partial charge on any atom is 0.184 e. The number of sulfone groups is 1. The Labute approximate surface area is 119 Å². The molecule has 20 heavy (non-hydrogen) atoms. The van der Waals surface area contributed by atoms with Crippen molar-refractivity contribution in [3.63, 3.8) is 0 Å². The van der Waals surface area contributed by atoms with Gasteiger partial charge in [-0.2, -0.15) is 5.10 Å². The normalized spacial score (nSPS) is 21.0. The zero-order valence-corrected chi connectivity index (χ0v) is 12.6. The average molecular weight is 300 g/mol. The third kappa shape index (κ3) is 3.20. The molecule has 1 atom stereocenters. The number of aromatic nitrogens is 2. The summed E-state index contributed by atoms with van der Waals surface area (Å²) in [5.74, 6) is 0.598. The number of methoxy groups -OCH3 is 1. The lowest BCUT2D eigenvalue weighted by Gasteiger charge is -2.10. The quantitative estimate of drug-likeness (QED) is 0.740. The van der Waals surface area contributed by atoms with E-state index in [0.29, 0.717) is 24.4 Å². The van der Waals surface area contributed by atoms with Crippen molar-refractivity contribution in [1.82, 2.24) is 9.78 Å². The zero-order chi connectivity index (χ0) is 14.8. The second-order valence-corrected chi connectivity index (χ2v) is 7.41.